The summed E-state index contributed by atoms with van der Waals surface area (Å²) in [4.78, 5) is 23.1. The minimum Gasteiger partial charge on any atom is -0.486 e. The first kappa shape index (κ1) is 27.2. The fourth-order valence-corrected chi connectivity index (χ4v) is 4.16. The highest BCUT2D eigenvalue weighted by Crippen LogP contribution is 2.31. The van der Waals surface area contributed by atoms with Gasteiger partial charge in [-0.15, -0.1) is 0 Å². The summed E-state index contributed by atoms with van der Waals surface area (Å²) in [7, 11) is 0. The number of carbonyl (C=O) groups excluding carboxylic acids is 1. The van der Waals surface area contributed by atoms with Crippen molar-refractivity contribution < 1.29 is 19.4 Å². The summed E-state index contributed by atoms with van der Waals surface area (Å²) in [5, 5.41) is 8.77. The van der Waals surface area contributed by atoms with E-state index >= 15 is 0 Å². The highest BCUT2D eigenvalue weighted by Gasteiger charge is 2.17. The van der Waals surface area contributed by atoms with Crippen LogP contribution in [0.25, 0.3) is 11.1 Å². The van der Waals surface area contributed by atoms with Crippen LogP contribution in [0.2, 0.25) is 0 Å². The normalized spacial score (nSPS) is 12.4. The summed E-state index contributed by atoms with van der Waals surface area (Å²) < 4.78 is 6.41. The van der Waals surface area contributed by atoms with Crippen LogP contribution in [0.4, 0.5) is 0 Å². The Morgan fingerprint density at radius 2 is 1.36 bits per heavy atom. The molecule has 0 bridgehead atoms. The molecule has 0 saturated carbocycles. The molecular weight excluding hydrogens is 448 g/mol. The number of carboxylic acid groups (broad SMARTS) is 1. The molecule has 1 unspecified atom stereocenters. The van der Waals surface area contributed by atoms with Gasteiger partial charge in [0, 0.05) is 18.4 Å². The van der Waals surface area contributed by atoms with Crippen LogP contribution < -0.4 is 4.74 Å². The number of ketones is 1. The molecule has 0 fully saturated rings. The maximum atomic E-state index is 12.4. The Hall–Kier alpha value is -3.40. The van der Waals surface area contributed by atoms with Crippen LogP contribution in [0.1, 0.15) is 87.9 Å². The second kappa shape index (κ2) is 12.0. The monoisotopic (exact) mass is 486 g/mol. The van der Waals surface area contributed by atoms with Crippen LogP contribution in [0.5, 0.6) is 5.75 Å². The molecule has 1 N–H and O–H groups in total. The first-order valence-electron chi connectivity index (χ1n) is 12.8. The van der Waals surface area contributed by atoms with Crippen molar-refractivity contribution in [2.45, 2.75) is 71.8 Å². The van der Waals surface area contributed by atoms with E-state index in [1.165, 1.54) is 11.1 Å². The molecule has 190 valence electrons. The molecule has 0 heterocycles. The topological polar surface area (TPSA) is 63.6 Å². The van der Waals surface area contributed by atoms with Crippen LogP contribution >= 0.6 is 0 Å². The van der Waals surface area contributed by atoms with Crippen molar-refractivity contribution in [3.05, 3.63) is 89.5 Å². The molecule has 0 aliphatic heterocycles. The van der Waals surface area contributed by atoms with E-state index in [9.17, 15) is 9.59 Å². The number of carboxylic acids is 1. The zero-order valence-electron chi connectivity index (χ0n) is 22.1. The lowest BCUT2D eigenvalue weighted by Crippen LogP contribution is -2.11. The van der Waals surface area contributed by atoms with Gasteiger partial charge in [-0.05, 0) is 58.6 Å². The summed E-state index contributed by atoms with van der Waals surface area (Å²) in [5.41, 5.74) is 5.40. The number of Topliss-reactive ketones (excluding diaryl/α,β-unsaturated/α-hetero) is 1. The van der Waals surface area contributed by atoms with Crippen molar-refractivity contribution in [3.8, 4) is 16.9 Å². The number of aliphatic carboxylic acids is 1. The molecule has 0 spiro atoms. The van der Waals surface area contributed by atoms with Gasteiger partial charge in [-0.2, -0.15) is 0 Å². The summed E-state index contributed by atoms with van der Waals surface area (Å²) in [6, 6.07) is 24.5. The van der Waals surface area contributed by atoms with E-state index in [1.807, 2.05) is 36.4 Å². The van der Waals surface area contributed by atoms with E-state index in [1.54, 1.807) is 0 Å². The summed E-state index contributed by atoms with van der Waals surface area (Å²) in [6.07, 6.45) is 1.32. The van der Waals surface area contributed by atoms with Gasteiger partial charge < -0.3 is 9.84 Å². The molecule has 4 heteroatoms. The Bertz CT molecular complexity index is 1130. The number of hydrogen-bond donors (Lipinski definition) is 1. The van der Waals surface area contributed by atoms with Crippen molar-refractivity contribution in [3.63, 3.8) is 0 Å². The van der Waals surface area contributed by atoms with E-state index in [0.29, 0.717) is 17.9 Å². The zero-order valence-corrected chi connectivity index (χ0v) is 22.1. The number of ether oxygens (including phenoxy) is 1. The third kappa shape index (κ3) is 7.81. The fraction of sp³-hybridized carbons (Fsp3) is 0.375. The number of hydrogen-bond acceptors (Lipinski definition) is 3. The van der Waals surface area contributed by atoms with Gasteiger partial charge >= 0.3 is 5.97 Å². The average Bonchev–Trinajstić information content (AvgIpc) is 2.83. The molecule has 3 aromatic rings. The lowest BCUT2D eigenvalue weighted by molar-refractivity contribution is -0.137. The van der Waals surface area contributed by atoms with Crippen LogP contribution in [0.3, 0.4) is 0 Å². The SMILES string of the molecule is CC(C)CC(Oc1ccc(-c2ccc(C(C)(C)C)cc2)cc1)c1ccc(C(=O)CCCC(=O)O)cc1. The van der Waals surface area contributed by atoms with Crippen molar-refractivity contribution in [1.82, 2.24) is 0 Å². The van der Waals surface area contributed by atoms with Crippen LogP contribution in [-0.2, 0) is 10.2 Å². The lowest BCUT2D eigenvalue weighted by atomic mass is 9.86. The zero-order chi connectivity index (χ0) is 26.3. The van der Waals surface area contributed by atoms with Gasteiger partial charge in [0.05, 0.1) is 0 Å². The molecular formula is C32H38O4. The number of carbonyl (C=O) groups is 2. The predicted molar refractivity (Wildman–Crippen MR) is 146 cm³/mol. The summed E-state index contributed by atoms with van der Waals surface area (Å²) in [5.74, 6) is 0.339. The smallest absolute Gasteiger partial charge is 0.303 e. The molecule has 0 aliphatic rings. The van der Waals surface area contributed by atoms with E-state index in [4.69, 9.17) is 9.84 Å². The van der Waals surface area contributed by atoms with Gasteiger partial charge in [-0.3, -0.25) is 9.59 Å². The molecule has 0 saturated heterocycles. The van der Waals surface area contributed by atoms with Crippen molar-refractivity contribution in [2.75, 3.05) is 0 Å². The molecule has 0 amide bonds. The molecule has 1 atom stereocenters. The second-order valence-corrected chi connectivity index (χ2v) is 10.9. The highest BCUT2D eigenvalue weighted by atomic mass is 16.5. The van der Waals surface area contributed by atoms with E-state index < -0.39 is 5.97 Å². The molecule has 3 rings (SSSR count). The fourth-order valence-electron chi connectivity index (χ4n) is 4.16. The Morgan fingerprint density at radius 1 is 0.806 bits per heavy atom. The van der Waals surface area contributed by atoms with Crippen LogP contribution in [0, 0.1) is 5.92 Å². The van der Waals surface area contributed by atoms with E-state index in [-0.39, 0.29) is 30.1 Å². The Morgan fingerprint density at radius 3 is 1.86 bits per heavy atom. The maximum Gasteiger partial charge on any atom is 0.303 e. The minimum absolute atomic E-state index is 0.00907. The summed E-state index contributed by atoms with van der Waals surface area (Å²) >= 11 is 0. The molecule has 0 aliphatic carbocycles. The van der Waals surface area contributed by atoms with Gasteiger partial charge in [0.2, 0.25) is 0 Å². The second-order valence-electron chi connectivity index (χ2n) is 10.9. The lowest BCUT2D eigenvalue weighted by Gasteiger charge is -2.22. The van der Waals surface area contributed by atoms with Crippen LogP contribution in [0.15, 0.2) is 72.8 Å². The molecule has 36 heavy (non-hydrogen) atoms. The number of rotatable bonds is 11. The quantitative estimate of drug-likeness (QED) is 0.277. The average molecular weight is 487 g/mol. The first-order chi connectivity index (χ1) is 17.0. The van der Waals surface area contributed by atoms with Gasteiger partial charge in [0.1, 0.15) is 11.9 Å². The van der Waals surface area contributed by atoms with E-state index in [0.717, 1.165) is 23.3 Å². The van der Waals surface area contributed by atoms with Gasteiger partial charge in [0.25, 0.3) is 0 Å². The largest absolute Gasteiger partial charge is 0.486 e. The van der Waals surface area contributed by atoms with Crippen molar-refractivity contribution >= 4 is 11.8 Å². The van der Waals surface area contributed by atoms with Gasteiger partial charge in [-0.25, -0.2) is 0 Å². The standard InChI is InChI=1S/C32H38O4/c1-22(2)21-30(26-11-9-25(10-12-26)29(33)7-6-8-31(34)35)36-28-19-15-24(16-20-28)23-13-17-27(18-14-23)32(3,4)5/h9-20,22,30H,6-8,21H2,1-5H3,(H,34,35). The maximum absolute atomic E-state index is 12.4. The third-order valence-electron chi connectivity index (χ3n) is 6.30. The number of benzene rings is 3. The minimum atomic E-state index is -0.877. The molecule has 4 nitrogen and oxygen atoms in total. The van der Waals surface area contributed by atoms with Gasteiger partial charge in [0.15, 0.2) is 5.78 Å². The Balaban J connectivity index is 1.70. The molecule has 0 radical (unpaired) electrons. The summed E-state index contributed by atoms with van der Waals surface area (Å²) in [6.45, 7) is 11.0. The third-order valence-corrected chi connectivity index (χ3v) is 6.30. The first-order valence-corrected chi connectivity index (χ1v) is 12.8. The Labute approximate surface area is 215 Å². The van der Waals surface area contributed by atoms with Crippen LogP contribution in [-0.4, -0.2) is 16.9 Å². The predicted octanol–water partition coefficient (Wildman–Crippen LogP) is 8.25. The highest BCUT2D eigenvalue weighted by molar-refractivity contribution is 5.96. The van der Waals surface area contributed by atoms with Gasteiger partial charge in [-0.1, -0.05) is 95.3 Å². The van der Waals surface area contributed by atoms with E-state index in [2.05, 4.69) is 71.0 Å². The van der Waals surface area contributed by atoms with Crippen molar-refractivity contribution in [2.24, 2.45) is 5.92 Å². The van der Waals surface area contributed by atoms with Crippen molar-refractivity contribution in [1.29, 1.82) is 0 Å². The Kier molecular flexibility index (Phi) is 9.08. The molecule has 0 aromatic heterocycles. The molecule has 3 aromatic carbocycles.